The lowest BCUT2D eigenvalue weighted by Gasteiger charge is -2.12. The quantitative estimate of drug-likeness (QED) is 0.696. The number of carbonyl (C=O) groups excluding carboxylic acids is 2. The SMILES string of the molecule is CCCNC(=O)O[C@@H]1CC[C@H](c2cc(NC(=O)Cc3ccno3)n[nH]2)C1. The van der Waals surface area contributed by atoms with Crippen molar-refractivity contribution in [3.05, 3.63) is 29.8 Å². The molecule has 2 aromatic heterocycles. The number of alkyl carbamates (subject to hydrolysis) is 1. The van der Waals surface area contributed by atoms with Crippen molar-refractivity contribution in [1.29, 1.82) is 0 Å². The van der Waals surface area contributed by atoms with Gasteiger partial charge in [-0.3, -0.25) is 9.89 Å². The number of ether oxygens (including phenoxy) is 1. The molecule has 2 amide bonds. The molecule has 26 heavy (non-hydrogen) atoms. The molecule has 0 spiro atoms. The van der Waals surface area contributed by atoms with Crippen molar-refractivity contribution in [2.24, 2.45) is 0 Å². The lowest BCUT2D eigenvalue weighted by Crippen LogP contribution is -2.28. The second-order valence-corrected chi connectivity index (χ2v) is 6.38. The summed E-state index contributed by atoms with van der Waals surface area (Å²) in [6.45, 7) is 2.61. The highest BCUT2D eigenvalue weighted by atomic mass is 16.6. The minimum Gasteiger partial charge on any atom is -0.446 e. The number of rotatable bonds is 7. The molecule has 0 unspecified atom stereocenters. The normalized spacial score (nSPS) is 19.3. The highest BCUT2D eigenvalue weighted by Gasteiger charge is 2.30. The minimum absolute atomic E-state index is 0.0929. The van der Waals surface area contributed by atoms with Gasteiger partial charge in [-0.05, 0) is 25.7 Å². The number of amides is 2. The van der Waals surface area contributed by atoms with E-state index in [0.29, 0.717) is 18.1 Å². The molecule has 0 saturated heterocycles. The molecule has 140 valence electrons. The molecule has 2 aromatic rings. The Morgan fingerprint density at radius 2 is 2.31 bits per heavy atom. The molecule has 9 nitrogen and oxygen atoms in total. The Hall–Kier alpha value is -2.84. The van der Waals surface area contributed by atoms with E-state index >= 15 is 0 Å². The number of carbonyl (C=O) groups is 2. The monoisotopic (exact) mass is 361 g/mol. The van der Waals surface area contributed by atoms with Crippen molar-refractivity contribution in [2.45, 2.75) is 51.0 Å². The maximum atomic E-state index is 12.0. The molecule has 0 bridgehead atoms. The van der Waals surface area contributed by atoms with Crippen LogP contribution in [0.5, 0.6) is 0 Å². The Morgan fingerprint density at radius 3 is 3.08 bits per heavy atom. The van der Waals surface area contributed by atoms with Crippen LogP contribution < -0.4 is 10.6 Å². The zero-order valence-corrected chi connectivity index (χ0v) is 14.7. The van der Waals surface area contributed by atoms with Crippen LogP contribution in [0.15, 0.2) is 22.9 Å². The van der Waals surface area contributed by atoms with Crippen LogP contribution in [0.3, 0.4) is 0 Å². The fourth-order valence-electron chi connectivity index (χ4n) is 3.04. The summed E-state index contributed by atoms with van der Waals surface area (Å²) in [6.07, 6.45) is 4.49. The van der Waals surface area contributed by atoms with E-state index in [9.17, 15) is 9.59 Å². The van der Waals surface area contributed by atoms with Crippen LogP contribution in [0.25, 0.3) is 0 Å². The molecule has 3 N–H and O–H groups in total. The third kappa shape index (κ3) is 4.84. The smallest absolute Gasteiger partial charge is 0.407 e. The molecular weight excluding hydrogens is 338 g/mol. The van der Waals surface area contributed by atoms with Gasteiger partial charge in [0.25, 0.3) is 0 Å². The predicted molar refractivity (Wildman–Crippen MR) is 92.6 cm³/mol. The van der Waals surface area contributed by atoms with Crippen LogP contribution in [0.4, 0.5) is 10.6 Å². The summed E-state index contributed by atoms with van der Waals surface area (Å²) in [5.74, 6) is 0.969. The molecule has 9 heteroatoms. The predicted octanol–water partition coefficient (Wildman–Crippen LogP) is 2.35. The second-order valence-electron chi connectivity index (χ2n) is 6.38. The lowest BCUT2D eigenvalue weighted by molar-refractivity contribution is -0.115. The first-order valence-electron chi connectivity index (χ1n) is 8.83. The van der Waals surface area contributed by atoms with Crippen LogP contribution in [0.1, 0.15) is 50.0 Å². The van der Waals surface area contributed by atoms with Crippen LogP contribution in [0, 0.1) is 0 Å². The summed E-state index contributed by atoms with van der Waals surface area (Å²) in [5.41, 5.74) is 0.931. The van der Waals surface area contributed by atoms with Gasteiger partial charge in [-0.15, -0.1) is 0 Å². The largest absolute Gasteiger partial charge is 0.446 e. The molecule has 1 aliphatic carbocycles. The molecular formula is C17H23N5O4. The van der Waals surface area contributed by atoms with Crippen LogP contribution in [-0.2, 0) is 16.0 Å². The standard InChI is InChI=1S/C17H23N5O4/c1-2-6-18-17(24)25-12-4-3-11(8-12)14-10-15(22-21-14)20-16(23)9-13-5-7-19-26-13/h5,7,10-12H,2-4,6,8-9H2,1H3,(H,18,24)(H2,20,21,22,23)/t11-,12+/m0/s1. The number of nitrogens with zero attached hydrogens (tertiary/aromatic N) is 2. The van der Waals surface area contributed by atoms with Gasteiger partial charge in [-0.1, -0.05) is 12.1 Å². The van der Waals surface area contributed by atoms with Crippen molar-refractivity contribution in [2.75, 3.05) is 11.9 Å². The first kappa shape index (κ1) is 18.0. The number of aromatic nitrogens is 3. The number of hydrogen-bond acceptors (Lipinski definition) is 6. The number of aromatic amines is 1. The topological polar surface area (TPSA) is 122 Å². The molecule has 3 rings (SSSR count). The molecule has 2 heterocycles. The fourth-order valence-corrected chi connectivity index (χ4v) is 3.04. The van der Waals surface area contributed by atoms with E-state index in [2.05, 4.69) is 26.0 Å². The Balaban J connectivity index is 1.47. The van der Waals surface area contributed by atoms with Crippen LogP contribution in [-0.4, -0.2) is 40.0 Å². The van der Waals surface area contributed by atoms with Crippen molar-refractivity contribution >= 4 is 17.8 Å². The van der Waals surface area contributed by atoms with Gasteiger partial charge in [-0.25, -0.2) is 4.79 Å². The lowest BCUT2D eigenvalue weighted by atomic mass is 10.0. The zero-order valence-electron chi connectivity index (χ0n) is 14.7. The van der Waals surface area contributed by atoms with Gasteiger partial charge in [0.15, 0.2) is 5.82 Å². The van der Waals surface area contributed by atoms with Gasteiger partial charge in [0.2, 0.25) is 5.91 Å². The zero-order chi connectivity index (χ0) is 18.4. The van der Waals surface area contributed by atoms with Gasteiger partial charge in [-0.2, -0.15) is 5.10 Å². The molecule has 2 atom stereocenters. The fraction of sp³-hybridized carbons (Fsp3) is 0.529. The maximum Gasteiger partial charge on any atom is 0.407 e. The first-order valence-corrected chi connectivity index (χ1v) is 8.83. The van der Waals surface area contributed by atoms with Crippen molar-refractivity contribution in [3.8, 4) is 0 Å². The van der Waals surface area contributed by atoms with Gasteiger partial charge in [0.1, 0.15) is 11.9 Å². The second kappa shape index (κ2) is 8.50. The number of H-pyrrole nitrogens is 1. The third-order valence-electron chi connectivity index (χ3n) is 4.31. The Morgan fingerprint density at radius 1 is 1.42 bits per heavy atom. The summed E-state index contributed by atoms with van der Waals surface area (Å²) >= 11 is 0. The Labute approximate surface area is 150 Å². The molecule has 1 saturated carbocycles. The Bertz CT molecular complexity index is 727. The minimum atomic E-state index is -0.359. The van der Waals surface area contributed by atoms with Crippen molar-refractivity contribution < 1.29 is 18.8 Å². The van der Waals surface area contributed by atoms with E-state index in [1.807, 2.05) is 13.0 Å². The number of hydrogen-bond donors (Lipinski definition) is 3. The van der Waals surface area contributed by atoms with E-state index in [1.54, 1.807) is 6.07 Å². The van der Waals surface area contributed by atoms with E-state index in [1.165, 1.54) is 6.20 Å². The van der Waals surface area contributed by atoms with E-state index in [4.69, 9.17) is 9.26 Å². The van der Waals surface area contributed by atoms with Crippen LogP contribution in [0.2, 0.25) is 0 Å². The summed E-state index contributed by atoms with van der Waals surface area (Å²) < 4.78 is 10.3. The van der Waals surface area contributed by atoms with Gasteiger partial charge in [0.05, 0.1) is 12.6 Å². The number of nitrogens with one attached hydrogen (secondary N) is 3. The van der Waals surface area contributed by atoms with E-state index < -0.39 is 0 Å². The van der Waals surface area contributed by atoms with E-state index in [0.717, 1.165) is 31.4 Å². The van der Waals surface area contributed by atoms with Crippen LogP contribution >= 0.6 is 0 Å². The summed E-state index contributed by atoms with van der Waals surface area (Å²) in [4.78, 5) is 23.6. The highest BCUT2D eigenvalue weighted by molar-refractivity contribution is 5.91. The average Bonchev–Trinajstić information content (AvgIpc) is 3.35. The van der Waals surface area contributed by atoms with Gasteiger partial charge in [0, 0.05) is 30.3 Å². The van der Waals surface area contributed by atoms with Gasteiger partial charge < -0.3 is 19.9 Å². The molecule has 1 fully saturated rings. The number of anilines is 1. The average molecular weight is 361 g/mol. The maximum absolute atomic E-state index is 12.0. The molecule has 0 radical (unpaired) electrons. The molecule has 0 aliphatic heterocycles. The summed E-state index contributed by atoms with van der Waals surface area (Å²) in [5, 5.41) is 16.1. The Kier molecular flexibility index (Phi) is 5.88. The van der Waals surface area contributed by atoms with Gasteiger partial charge >= 0.3 is 6.09 Å². The van der Waals surface area contributed by atoms with E-state index in [-0.39, 0.29) is 30.4 Å². The van der Waals surface area contributed by atoms with Crippen molar-refractivity contribution in [3.63, 3.8) is 0 Å². The summed E-state index contributed by atoms with van der Waals surface area (Å²) in [6, 6.07) is 3.47. The highest BCUT2D eigenvalue weighted by Crippen LogP contribution is 2.35. The summed E-state index contributed by atoms with van der Waals surface area (Å²) in [7, 11) is 0. The molecule has 0 aromatic carbocycles. The first-order chi connectivity index (χ1) is 12.6. The van der Waals surface area contributed by atoms with Crippen molar-refractivity contribution in [1.82, 2.24) is 20.7 Å². The third-order valence-corrected chi connectivity index (χ3v) is 4.31. The molecule has 1 aliphatic rings.